The van der Waals surface area contributed by atoms with E-state index in [9.17, 15) is 0 Å². The predicted molar refractivity (Wildman–Crippen MR) is 70.9 cm³/mol. The topological polar surface area (TPSA) is 0 Å². The van der Waals surface area contributed by atoms with Crippen molar-refractivity contribution in [1.29, 1.82) is 0 Å². The van der Waals surface area contributed by atoms with Crippen molar-refractivity contribution in [3.63, 3.8) is 0 Å². The SMILES string of the molecule is c1ccc(P[C]23[CH]4[CH]5[CH]6[CH]2[Fe]56432789[CH]3[CH]2[CH]7[CH]8[CH]39)cc1. The summed E-state index contributed by atoms with van der Waals surface area (Å²) in [6, 6.07) is 11.7. The summed E-state index contributed by atoms with van der Waals surface area (Å²) in [5, 5.41) is 1.74. The van der Waals surface area contributed by atoms with Crippen molar-refractivity contribution in [2.75, 3.05) is 0 Å². The minimum atomic E-state index is -2.73. The molecule has 0 N–H and O–H groups in total. The molecule has 11 rings (SSSR count). The molecule has 10 aliphatic heterocycles. The maximum absolute atomic E-state index is 2.73. The van der Waals surface area contributed by atoms with Crippen LogP contribution in [-0.4, -0.2) is 4.05 Å². The number of hydrogen-bond acceptors (Lipinski definition) is 0. The van der Waals surface area contributed by atoms with Gasteiger partial charge in [-0.3, -0.25) is 0 Å². The first-order valence-corrected chi connectivity index (χ1v) is 15.0. The molecule has 5 unspecified atom stereocenters. The third-order valence-electron chi connectivity index (χ3n) is 15.8. The van der Waals surface area contributed by atoms with E-state index in [4.69, 9.17) is 0 Å². The van der Waals surface area contributed by atoms with Gasteiger partial charge in [0.05, 0.1) is 0 Å². The van der Waals surface area contributed by atoms with Gasteiger partial charge in [0, 0.05) is 0 Å². The van der Waals surface area contributed by atoms with Crippen LogP contribution in [-0.2, 0) is 6.51 Å². The first-order valence-electron chi connectivity index (χ1n) is 7.67. The van der Waals surface area contributed by atoms with Crippen molar-refractivity contribution in [2.45, 2.75) is 47.4 Å². The van der Waals surface area contributed by atoms with Gasteiger partial charge in [-0.05, 0) is 0 Å². The molecule has 0 aromatic heterocycles. The molecular formula is C16H15FeP. The van der Waals surface area contributed by atoms with Crippen LogP contribution in [0.1, 0.15) is 0 Å². The van der Waals surface area contributed by atoms with Crippen molar-refractivity contribution >= 4 is 13.9 Å². The molecule has 1 aromatic rings. The number of fused-ring (bicyclic) bond motifs is 10. The first kappa shape index (κ1) is 6.75. The van der Waals surface area contributed by atoms with Crippen LogP contribution in [0.15, 0.2) is 30.3 Å². The van der Waals surface area contributed by atoms with Gasteiger partial charge in [0.1, 0.15) is 0 Å². The molecule has 1 spiro atoms. The van der Waals surface area contributed by atoms with Gasteiger partial charge in [0.2, 0.25) is 0 Å². The zero-order chi connectivity index (χ0) is 10.8. The molecule has 10 heterocycles. The fraction of sp³-hybridized carbons (Fsp3) is 0.625. The standard InChI is InChI=1S/C11H10P.C5H5.Fe/c1-2-6-10(7-3-1)12-11-8-4-5-9-11;1-2-4-5-3-1;/h1-9,12H;1-5H;. The van der Waals surface area contributed by atoms with Gasteiger partial charge >= 0.3 is 98.1 Å². The van der Waals surface area contributed by atoms with Gasteiger partial charge in [-0.25, -0.2) is 0 Å². The van der Waals surface area contributed by atoms with E-state index in [0.717, 1.165) is 4.05 Å². The van der Waals surface area contributed by atoms with Crippen molar-refractivity contribution in [3.05, 3.63) is 30.3 Å². The van der Waals surface area contributed by atoms with Crippen LogP contribution in [0.25, 0.3) is 0 Å². The van der Waals surface area contributed by atoms with E-state index in [2.05, 4.69) is 30.3 Å². The Morgan fingerprint density at radius 2 is 1.33 bits per heavy atom. The molecule has 10 fully saturated rings. The molecule has 0 bridgehead atoms. The van der Waals surface area contributed by atoms with Crippen LogP contribution in [0.2, 0.25) is 43.3 Å². The molecule has 0 saturated carbocycles. The number of hydrogen-bond donors (Lipinski definition) is 0. The summed E-state index contributed by atoms with van der Waals surface area (Å²) in [4.78, 5) is 13.5. The summed E-state index contributed by atoms with van der Waals surface area (Å²) in [6.07, 6.45) is 0. The fourth-order valence-electron chi connectivity index (χ4n) is 17.2. The van der Waals surface area contributed by atoms with Gasteiger partial charge in [0.15, 0.2) is 0 Å². The fourth-order valence-corrected chi connectivity index (χ4v) is 103. The van der Waals surface area contributed by atoms with E-state index in [0.29, 0.717) is 0 Å². The Balaban J connectivity index is 1.43. The van der Waals surface area contributed by atoms with Crippen LogP contribution >= 0.6 is 8.58 Å². The summed E-state index contributed by atoms with van der Waals surface area (Å²) >= 11 is 0. The predicted octanol–water partition coefficient (Wildman–Crippen LogP) is 4.29. The Kier molecular flexibility index (Phi) is 0.222. The molecule has 0 radical (unpaired) electrons. The first-order chi connectivity index (χ1) is 8.62. The summed E-state index contributed by atoms with van der Waals surface area (Å²) < 4.78 is 1.13. The van der Waals surface area contributed by atoms with Crippen molar-refractivity contribution in [3.8, 4) is 0 Å². The van der Waals surface area contributed by atoms with E-state index in [-0.39, 0.29) is 0 Å². The summed E-state index contributed by atoms with van der Waals surface area (Å²) in [6.45, 7) is -2.73. The van der Waals surface area contributed by atoms with Gasteiger partial charge in [0.25, 0.3) is 0 Å². The zero-order valence-electron chi connectivity index (χ0n) is 9.94. The van der Waals surface area contributed by atoms with Crippen LogP contribution in [0.3, 0.4) is 0 Å². The molecule has 0 amide bonds. The third-order valence-corrected chi connectivity index (χ3v) is 64.2. The van der Waals surface area contributed by atoms with E-state index in [1.54, 1.807) is 5.30 Å². The van der Waals surface area contributed by atoms with E-state index < -0.39 is 6.51 Å². The Morgan fingerprint density at radius 1 is 0.778 bits per heavy atom. The number of rotatable bonds is 2. The van der Waals surface area contributed by atoms with Crippen molar-refractivity contribution < 1.29 is 6.51 Å². The average Bonchev–Trinajstić information content (AvgIpc) is 3.34. The monoisotopic (exact) mass is 294 g/mol. The van der Waals surface area contributed by atoms with Crippen LogP contribution < -0.4 is 5.30 Å². The van der Waals surface area contributed by atoms with E-state index in [1.165, 1.54) is 51.9 Å². The molecule has 18 heavy (non-hydrogen) atoms. The molecule has 0 aliphatic carbocycles. The molecule has 5 atom stereocenters. The Morgan fingerprint density at radius 3 is 1.72 bits per heavy atom. The quantitative estimate of drug-likeness (QED) is 0.564. The molecule has 1 aromatic carbocycles. The van der Waals surface area contributed by atoms with Crippen LogP contribution in [0.5, 0.6) is 0 Å². The Bertz CT molecular complexity index is 1040. The van der Waals surface area contributed by atoms with Crippen LogP contribution in [0.4, 0.5) is 0 Å². The molecular weight excluding hydrogens is 279 g/mol. The van der Waals surface area contributed by atoms with Crippen LogP contribution in [0, 0.1) is 0 Å². The van der Waals surface area contributed by atoms with Gasteiger partial charge in [-0.2, -0.15) is 0 Å². The van der Waals surface area contributed by atoms with Gasteiger partial charge in [-0.15, -0.1) is 0 Å². The van der Waals surface area contributed by atoms with Crippen molar-refractivity contribution in [2.24, 2.45) is 0 Å². The maximum atomic E-state index is 2.45. The van der Waals surface area contributed by atoms with Gasteiger partial charge < -0.3 is 0 Å². The second-order valence-electron chi connectivity index (χ2n) is 11.2. The third kappa shape index (κ3) is 0.0727. The minimum absolute atomic E-state index is 1.13. The summed E-state index contributed by atoms with van der Waals surface area (Å²) in [5.41, 5.74) is 0. The second-order valence-corrected chi connectivity index (χ2v) is 36.9. The Hall–Kier alpha value is 0.169. The van der Waals surface area contributed by atoms with E-state index in [1.807, 2.05) is 0 Å². The molecule has 10 saturated heterocycles. The Labute approximate surface area is 98.0 Å². The second kappa shape index (κ2) is 0.591. The normalized spacial score (nSPS) is 114. The van der Waals surface area contributed by atoms with Gasteiger partial charge in [-0.1, -0.05) is 0 Å². The zero-order valence-corrected chi connectivity index (χ0v) is 12.0. The molecule has 0 nitrogen and oxygen atoms in total. The summed E-state index contributed by atoms with van der Waals surface area (Å²) in [5.74, 6) is 0. The molecule has 2 heteroatoms. The molecule has 10 aliphatic rings. The van der Waals surface area contributed by atoms with Crippen molar-refractivity contribution in [1.82, 2.24) is 0 Å². The summed E-state index contributed by atoms with van der Waals surface area (Å²) in [7, 11) is 1.28. The molecule has 92 valence electrons. The number of benzene rings is 1. The van der Waals surface area contributed by atoms with E-state index >= 15 is 0 Å². The average molecular weight is 294 g/mol.